The van der Waals surface area contributed by atoms with Gasteiger partial charge < -0.3 is 4.90 Å². The van der Waals surface area contributed by atoms with E-state index in [-0.39, 0.29) is 17.5 Å². The van der Waals surface area contributed by atoms with E-state index < -0.39 is 11.2 Å². The first-order valence-electron chi connectivity index (χ1n) is 7.71. The van der Waals surface area contributed by atoms with Gasteiger partial charge in [0.1, 0.15) is 5.69 Å². The number of aromatic nitrogens is 2. The predicted molar refractivity (Wildman–Crippen MR) is 91.6 cm³/mol. The zero-order valence-electron chi connectivity index (χ0n) is 13.5. The van der Waals surface area contributed by atoms with Gasteiger partial charge in [-0.25, -0.2) is 4.79 Å². The van der Waals surface area contributed by atoms with Gasteiger partial charge in [0.15, 0.2) is 0 Å². The van der Waals surface area contributed by atoms with E-state index in [0.29, 0.717) is 18.1 Å². The molecule has 0 N–H and O–H groups in total. The Balaban J connectivity index is 1.87. The maximum absolute atomic E-state index is 12.7. The Morgan fingerprint density at radius 3 is 2.58 bits per heavy atom. The lowest BCUT2D eigenvalue weighted by Crippen LogP contribution is -2.41. The fourth-order valence-electron chi connectivity index (χ4n) is 3.10. The molecule has 1 aliphatic heterocycles. The van der Waals surface area contributed by atoms with Crippen LogP contribution < -0.4 is 11.2 Å². The SMILES string of the molecule is Cn1c(C(=O)N2CC[C@@H](c3ccccc3Cl)C2)cc(=O)n(C)c1=O. The van der Waals surface area contributed by atoms with Crippen LogP contribution in [-0.2, 0) is 14.1 Å². The number of likely N-dealkylation sites (tertiary alicyclic amines) is 1. The third-order valence-electron chi connectivity index (χ3n) is 4.57. The van der Waals surface area contributed by atoms with E-state index in [0.717, 1.165) is 16.6 Å². The molecule has 2 aromatic rings. The Bertz CT molecular complexity index is 916. The van der Waals surface area contributed by atoms with Gasteiger partial charge in [0.25, 0.3) is 11.5 Å². The van der Waals surface area contributed by atoms with Crippen molar-refractivity contribution in [3.63, 3.8) is 0 Å². The molecule has 1 saturated heterocycles. The van der Waals surface area contributed by atoms with E-state index in [4.69, 9.17) is 11.6 Å². The molecule has 1 aromatic heterocycles. The maximum atomic E-state index is 12.7. The Morgan fingerprint density at radius 1 is 1.17 bits per heavy atom. The van der Waals surface area contributed by atoms with Gasteiger partial charge in [-0.15, -0.1) is 0 Å². The number of hydrogen-bond donors (Lipinski definition) is 0. The van der Waals surface area contributed by atoms with E-state index >= 15 is 0 Å². The number of carbonyl (C=O) groups is 1. The summed E-state index contributed by atoms with van der Waals surface area (Å²) >= 11 is 6.24. The van der Waals surface area contributed by atoms with Gasteiger partial charge in [-0.1, -0.05) is 29.8 Å². The second kappa shape index (κ2) is 6.28. The van der Waals surface area contributed by atoms with Crippen LogP contribution in [-0.4, -0.2) is 33.0 Å². The van der Waals surface area contributed by atoms with E-state index in [9.17, 15) is 14.4 Å². The zero-order chi connectivity index (χ0) is 17.4. The summed E-state index contributed by atoms with van der Waals surface area (Å²) < 4.78 is 2.19. The summed E-state index contributed by atoms with van der Waals surface area (Å²) in [6, 6.07) is 8.82. The second-order valence-corrected chi connectivity index (χ2v) is 6.43. The van der Waals surface area contributed by atoms with E-state index in [1.54, 1.807) is 4.90 Å². The number of rotatable bonds is 2. The smallest absolute Gasteiger partial charge is 0.331 e. The molecular formula is C17H18ClN3O3. The number of amides is 1. The van der Waals surface area contributed by atoms with Crippen molar-refractivity contribution in [2.45, 2.75) is 12.3 Å². The largest absolute Gasteiger partial charge is 0.337 e. The fraction of sp³-hybridized carbons (Fsp3) is 0.353. The minimum absolute atomic E-state index is 0.114. The topological polar surface area (TPSA) is 64.3 Å². The van der Waals surface area contributed by atoms with Gasteiger partial charge in [-0.05, 0) is 18.1 Å². The monoisotopic (exact) mass is 347 g/mol. The van der Waals surface area contributed by atoms with Crippen molar-refractivity contribution in [2.75, 3.05) is 13.1 Å². The minimum Gasteiger partial charge on any atom is -0.337 e. The molecule has 0 bridgehead atoms. The number of nitrogens with zero attached hydrogens (tertiary/aromatic N) is 3. The van der Waals surface area contributed by atoms with Crippen molar-refractivity contribution < 1.29 is 4.79 Å². The lowest BCUT2D eigenvalue weighted by Gasteiger charge is -2.18. The molecule has 6 nitrogen and oxygen atoms in total. The molecule has 0 radical (unpaired) electrons. The molecule has 3 rings (SSSR count). The Hall–Kier alpha value is -2.34. The van der Waals surface area contributed by atoms with Gasteiger partial charge in [0, 0.05) is 44.2 Å². The molecule has 0 spiro atoms. The highest BCUT2D eigenvalue weighted by molar-refractivity contribution is 6.31. The maximum Gasteiger partial charge on any atom is 0.331 e. The van der Waals surface area contributed by atoms with E-state index in [2.05, 4.69) is 0 Å². The first-order valence-corrected chi connectivity index (χ1v) is 8.08. The molecule has 1 aliphatic rings. The highest BCUT2D eigenvalue weighted by atomic mass is 35.5. The van der Waals surface area contributed by atoms with Crippen LogP contribution >= 0.6 is 11.6 Å². The summed E-state index contributed by atoms with van der Waals surface area (Å²) in [7, 11) is 2.89. The minimum atomic E-state index is -0.507. The Morgan fingerprint density at radius 2 is 1.88 bits per heavy atom. The summed E-state index contributed by atoms with van der Waals surface area (Å²) in [4.78, 5) is 38.2. The summed E-state index contributed by atoms with van der Waals surface area (Å²) in [6.45, 7) is 1.09. The Labute approximate surface area is 143 Å². The van der Waals surface area contributed by atoms with Crippen LogP contribution in [0.3, 0.4) is 0 Å². The van der Waals surface area contributed by atoms with Gasteiger partial charge in [0.05, 0.1) is 0 Å². The number of carbonyl (C=O) groups excluding carboxylic acids is 1. The average Bonchev–Trinajstić information content (AvgIpc) is 3.06. The normalized spacial score (nSPS) is 17.3. The molecule has 0 aliphatic carbocycles. The van der Waals surface area contributed by atoms with Crippen molar-refractivity contribution in [3.8, 4) is 0 Å². The lowest BCUT2D eigenvalue weighted by molar-refractivity contribution is 0.0779. The summed E-state index contributed by atoms with van der Waals surface area (Å²) in [5.74, 6) is -0.145. The zero-order valence-corrected chi connectivity index (χ0v) is 14.3. The molecule has 24 heavy (non-hydrogen) atoms. The number of hydrogen-bond acceptors (Lipinski definition) is 3. The molecule has 126 valence electrons. The molecule has 2 heterocycles. The molecule has 1 fully saturated rings. The highest BCUT2D eigenvalue weighted by Crippen LogP contribution is 2.32. The van der Waals surface area contributed by atoms with Crippen molar-refractivity contribution >= 4 is 17.5 Å². The summed E-state index contributed by atoms with van der Waals surface area (Å²) in [5, 5.41) is 0.692. The molecule has 1 aromatic carbocycles. The van der Waals surface area contributed by atoms with Crippen molar-refractivity contribution in [2.24, 2.45) is 14.1 Å². The molecule has 1 amide bonds. The van der Waals surface area contributed by atoms with Gasteiger partial charge in [-0.3, -0.25) is 18.7 Å². The highest BCUT2D eigenvalue weighted by Gasteiger charge is 2.30. The van der Waals surface area contributed by atoms with Crippen molar-refractivity contribution in [1.29, 1.82) is 0 Å². The standard InChI is InChI=1S/C17H18ClN3O3/c1-19-14(9-15(22)20(2)17(19)24)16(23)21-8-7-11(10-21)12-5-3-4-6-13(12)18/h3-6,9,11H,7-8,10H2,1-2H3/t11-/m1/s1. The number of halogens is 1. The summed E-state index contributed by atoms with van der Waals surface area (Å²) in [6.07, 6.45) is 0.800. The molecule has 7 heteroatoms. The molecule has 0 saturated carbocycles. The number of benzene rings is 1. The molecule has 0 unspecified atom stereocenters. The molecule has 1 atom stereocenters. The lowest BCUT2D eigenvalue weighted by atomic mass is 9.98. The van der Waals surface area contributed by atoms with Crippen LogP contribution in [0.25, 0.3) is 0 Å². The first kappa shape index (κ1) is 16.5. The third-order valence-corrected chi connectivity index (χ3v) is 4.91. The fourth-order valence-corrected chi connectivity index (χ4v) is 3.39. The molecular weight excluding hydrogens is 330 g/mol. The Kier molecular flexibility index (Phi) is 4.32. The van der Waals surface area contributed by atoms with Crippen LogP contribution in [0.4, 0.5) is 0 Å². The van der Waals surface area contributed by atoms with Gasteiger partial charge in [-0.2, -0.15) is 0 Å². The van der Waals surface area contributed by atoms with E-state index in [1.165, 1.54) is 24.7 Å². The third kappa shape index (κ3) is 2.78. The van der Waals surface area contributed by atoms with Crippen LogP contribution in [0, 0.1) is 0 Å². The van der Waals surface area contributed by atoms with Crippen LogP contribution in [0.5, 0.6) is 0 Å². The van der Waals surface area contributed by atoms with Crippen LogP contribution in [0.1, 0.15) is 28.4 Å². The van der Waals surface area contributed by atoms with Gasteiger partial charge >= 0.3 is 5.69 Å². The van der Waals surface area contributed by atoms with E-state index in [1.807, 2.05) is 24.3 Å². The van der Waals surface area contributed by atoms with Gasteiger partial charge in [0.2, 0.25) is 0 Å². The average molecular weight is 348 g/mol. The van der Waals surface area contributed by atoms with Crippen LogP contribution in [0.15, 0.2) is 39.9 Å². The predicted octanol–water partition coefficient (Wildman–Crippen LogP) is 1.37. The summed E-state index contributed by atoms with van der Waals surface area (Å²) in [5.41, 5.74) is 0.145. The van der Waals surface area contributed by atoms with Crippen molar-refractivity contribution in [3.05, 3.63) is 67.4 Å². The van der Waals surface area contributed by atoms with Crippen molar-refractivity contribution in [1.82, 2.24) is 14.0 Å². The quantitative estimate of drug-likeness (QED) is 0.824. The first-order chi connectivity index (χ1) is 11.4. The second-order valence-electron chi connectivity index (χ2n) is 6.03. The van der Waals surface area contributed by atoms with Crippen LogP contribution in [0.2, 0.25) is 5.02 Å².